The van der Waals surface area contributed by atoms with Gasteiger partial charge in [0.15, 0.2) is 5.60 Å². The first-order valence-electron chi connectivity index (χ1n) is 9.02. The minimum atomic E-state index is -1.09. The van der Waals surface area contributed by atoms with Gasteiger partial charge in [-0.05, 0) is 17.2 Å². The minimum absolute atomic E-state index is 0.0465. The molecule has 0 unspecified atom stereocenters. The standard InChI is InChI=1S/C21H25N3O3/c1-16(25)24-11-12-27-21(15-24,20(26)23(2)3)13-17-7-4-5-9-19(17)18-8-6-10-22-14-18/h4-10,14H,11-13,15H2,1-3H3/t21-/m0/s1. The van der Waals surface area contributed by atoms with Crippen molar-refractivity contribution in [3.05, 3.63) is 54.4 Å². The summed E-state index contributed by atoms with van der Waals surface area (Å²) in [6.07, 6.45) is 3.93. The van der Waals surface area contributed by atoms with E-state index in [1.165, 1.54) is 11.8 Å². The van der Waals surface area contributed by atoms with Crippen molar-refractivity contribution in [2.24, 2.45) is 0 Å². The Bertz CT molecular complexity index is 822. The van der Waals surface area contributed by atoms with Gasteiger partial charge in [-0.3, -0.25) is 14.6 Å². The first-order chi connectivity index (χ1) is 12.9. The van der Waals surface area contributed by atoms with Gasteiger partial charge in [0.05, 0.1) is 13.2 Å². The topological polar surface area (TPSA) is 62.7 Å². The number of benzene rings is 1. The van der Waals surface area contributed by atoms with Crippen LogP contribution in [0.25, 0.3) is 11.1 Å². The van der Waals surface area contributed by atoms with Gasteiger partial charge in [0, 0.05) is 51.9 Å². The summed E-state index contributed by atoms with van der Waals surface area (Å²) in [4.78, 5) is 32.5. The summed E-state index contributed by atoms with van der Waals surface area (Å²) in [5.41, 5.74) is 1.90. The number of carbonyl (C=O) groups excluding carboxylic acids is 2. The van der Waals surface area contributed by atoms with Gasteiger partial charge in [0.25, 0.3) is 5.91 Å². The molecule has 27 heavy (non-hydrogen) atoms. The molecular weight excluding hydrogens is 342 g/mol. The largest absolute Gasteiger partial charge is 0.361 e. The van der Waals surface area contributed by atoms with Crippen molar-refractivity contribution in [2.45, 2.75) is 18.9 Å². The zero-order chi connectivity index (χ0) is 19.4. The fourth-order valence-corrected chi connectivity index (χ4v) is 3.56. The van der Waals surface area contributed by atoms with Crippen LogP contribution in [0.15, 0.2) is 48.8 Å². The number of nitrogens with zero attached hydrogens (tertiary/aromatic N) is 3. The van der Waals surface area contributed by atoms with Crippen molar-refractivity contribution < 1.29 is 14.3 Å². The Morgan fingerprint density at radius 1 is 1.22 bits per heavy atom. The van der Waals surface area contributed by atoms with Gasteiger partial charge in [-0.15, -0.1) is 0 Å². The lowest BCUT2D eigenvalue weighted by molar-refractivity contribution is -0.172. The Hall–Kier alpha value is -2.73. The second kappa shape index (κ2) is 7.88. The predicted molar refractivity (Wildman–Crippen MR) is 103 cm³/mol. The van der Waals surface area contributed by atoms with Gasteiger partial charge < -0.3 is 14.5 Å². The van der Waals surface area contributed by atoms with Crippen molar-refractivity contribution in [3.63, 3.8) is 0 Å². The Balaban J connectivity index is 2.01. The summed E-state index contributed by atoms with van der Waals surface area (Å²) in [5.74, 6) is -0.177. The maximum Gasteiger partial charge on any atom is 0.256 e. The summed E-state index contributed by atoms with van der Waals surface area (Å²) in [6.45, 7) is 2.62. The molecule has 0 N–H and O–H groups in total. The lowest BCUT2D eigenvalue weighted by Gasteiger charge is -2.42. The molecule has 2 heterocycles. The molecule has 0 saturated carbocycles. The second-order valence-electron chi connectivity index (χ2n) is 7.06. The summed E-state index contributed by atoms with van der Waals surface area (Å²) < 4.78 is 6.06. The van der Waals surface area contributed by atoms with Crippen molar-refractivity contribution in [1.29, 1.82) is 0 Å². The summed E-state index contributed by atoms with van der Waals surface area (Å²) in [5, 5.41) is 0. The molecule has 2 amide bonds. The normalized spacial score (nSPS) is 19.6. The van der Waals surface area contributed by atoms with Gasteiger partial charge in [0.2, 0.25) is 5.91 Å². The summed E-state index contributed by atoms with van der Waals surface area (Å²) >= 11 is 0. The number of pyridine rings is 1. The van der Waals surface area contributed by atoms with Crippen molar-refractivity contribution >= 4 is 11.8 Å². The Kier molecular flexibility index (Phi) is 5.56. The molecule has 142 valence electrons. The van der Waals surface area contributed by atoms with Crippen LogP contribution in [0.1, 0.15) is 12.5 Å². The molecule has 1 saturated heterocycles. The van der Waals surface area contributed by atoms with E-state index in [0.717, 1.165) is 16.7 Å². The molecule has 1 aromatic heterocycles. The van der Waals surface area contributed by atoms with Crippen LogP contribution in [0.4, 0.5) is 0 Å². The van der Waals surface area contributed by atoms with Crippen molar-refractivity contribution in [1.82, 2.24) is 14.8 Å². The van der Waals surface area contributed by atoms with E-state index in [2.05, 4.69) is 4.98 Å². The highest BCUT2D eigenvalue weighted by atomic mass is 16.5. The number of hydrogen-bond acceptors (Lipinski definition) is 4. The molecule has 0 spiro atoms. The molecule has 6 heteroatoms. The van der Waals surface area contributed by atoms with E-state index in [9.17, 15) is 9.59 Å². The molecule has 1 aromatic carbocycles. The number of likely N-dealkylation sites (N-methyl/N-ethyl adjacent to an activating group) is 1. The lowest BCUT2D eigenvalue weighted by atomic mass is 9.87. The molecule has 1 aliphatic heterocycles. The number of morpholine rings is 1. The Morgan fingerprint density at radius 2 is 2.00 bits per heavy atom. The SMILES string of the molecule is CC(=O)N1CCO[C@](Cc2ccccc2-c2cccnc2)(C(=O)N(C)C)C1. The van der Waals surface area contributed by atoms with Crippen LogP contribution in [0.3, 0.4) is 0 Å². The van der Waals surface area contributed by atoms with E-state index >= 15 is 0 Å². The average Bonchev–Trinajstić information content (AvgIpc) is 2.68. The molecule has 1 fully saturated rings. The molecule has 2 aromatic rings. The van der Waals surface area contributed by atoms with Gasteiger partial charge in [-0.2, -0.15) is 0 Å². The first-order valence-corrected chi connectivity index (χ1v) is 9.02. The summed E-state index contributed by atoms with van der Waals surface area (Å²) in [6, 6.07) is 11.8. The van der Waals surface area contributed by atoms with E-state index in [1.807, 2.05) is 42.6 Å². The molecule has 1 aliphatic rings. The lowest BCUT2D eigenvalue weighted by Crippen LogP contribution is -2.61. The van der Waals surface area contributed by atoms with Crippen molar-refractivity contribution in [2.75, 3.05) is 33.8 Å². The maximum atomic E-state index is 13.1. The summed E-state index contributed by atoms with van der Waals surface area (Å²) in [7, 11) is 3.43. The number of carbonyl (C=O) groups is 2. The third-order valence-corrected chi connectivity index (χ3v) is 4.89. The molecule has 0 aliphatic carbocycles. The monoisotopic (exact) mass is 367 g/mol. The number of ether oxygens (including phenoxy) is 1. The fraction of sp³-hybridized carbons (Fsp3) is 0.381. The van der Waals surface area contributed by atoms with Crippen molar-refractivity contribution in [3.8, 4) is 11.1 Å². The molecule has 0 radical (unpaired) electrons. The van der Waals surface area contributed by atoms with E-state index in [-0.39, 0.29) is 18.4 Å². The molecule has 3 rings (SSSR count). The highest BCUT2D eigenvalue weighted by molar-refractivity contribution is 5.87. The zero-order valence-corrected chi connectivity index (χ0v) is 16.0. The second-order valence-corrected chi connectivity index (χ2v) is 7.06. The number of amides is 2. The fourth-order valence-electron chi connectivity index (χ4n) is 3.56. The van der Waals surface area contributed by atoms with Crippen LogP contribution in [0, 0.1) is 0 Å². The quantitative estimate of drug-likeness (QED) is 0.829. The van der Waals surface area contributed by atoms with Crippen LogP contribution < -0.4 is 0 Å². The predicted octanol–water partition coefficient (Wildman–Crippen LogP) is 2.00. The molecule has 6 nitrogen and oxygen atoms in total. The number of aromatic nitrogens is 1. The Labute approximate surface area is 159 Å². The van der Waals surface area contributed by atoms with Gasteiger partial charge in [-0.1, -0.05) is 30.3 Å². The van der Waals surface area contributed by atoms with Crippen LogP contribution in [-0.2, 0) is 20.7 Å². The number of hydrogen-bond donors (Lipinski definition) is 0. The smallest absolute Gasteiger partial charge is 0.256 e. The first kappa shape index (κ1) is 19.0. The number of rotatable bonds is 4. The Morgan fingerprint density at radius 3 is 2.67 bits per heavy atom. The maximum absolute atomic E-state index is 13.1. The highest BCUT2D eigenvalue weighted by Crippen LogP contribution is 2.31. The van der Waals surface area contributed by atoms with Crippen LogP contribution in [-0.4, -0.2) is 66.0 Å². The van der Waals surface area contributed by atoms with E-state index in [4.69, 9.17) is 4.74 Å². The zero-order valence-electron chi connectivity index (χ0n) is 16.0. The van der Waals surface area contributed by atoms with Gasteiger partial charge in [0.1, 0.15) is 0 Å². The van der Waals surface area contributed by atoms with E-state index in [0.29, 0.717) is 19.6 Å². The van der Waals surface area contributed by atoms with Crippen LogP contribution >= 0.6 is 0 Å². The van der Waals surface area contributed by atoms with Gasteiger partial charge in [-0.25, -0.2) is 0 Å². The molecular formula is C21H25N3O3. The molecule has 1 atom stereocenters. The average molecular weight is 367 g/mol. The van der Waals surface area contributed by atoms with Crippen LogP contribution in [0.2, 0.25) is 0 Å². The van der Waals surface area contributed by atoms with Crippen LogP contribution in [0.5, 0.6) is 0 Å². The molecule has 0 bridgehead atoms. The van der Waals surface area contributed by atoms with Gasteiger partial charge >= 0.3 is 0 Å². The van der Waals surface area contributed by atoms with E-state index < -0.39 is 5.60 Å². The third-order valence-electron chi connectivity index (χ3n) is 4.89. The van der Waals surface area contributed by atoms with E-state index in [1.54, 1.807) is 25.2 Å². The third kappa shape index (κ3) is 4.01. The highest BCUT2D eigenvalue weighted by Gasteiger charge is 2.45. The minimum Gasteiger partial charge on any atom is -0.361 e.